The van der Waals surface area contributed by atoms with Crippen LogP contribution < -0.4 is 10.6 Å². The SMILES string of the molecule is Cc1ccc(-n2cnnc2SCC(=O)NCCNC(=O)c2ccccc2)cc1C. The van der Waals surface area contributed by atoms with Crippen LogP contribution in [0.5, 0.6) is 0 Å². The third kappa shape index (κ3) is 5.68. The maximum Gasteiger partial charge on any atom is 0.251 e. The lowest BCUT2D eigenvalue weighted by Crippen LogP contribution is -2.35. The first-order chi connectivity index (χ1) is 14.0. The van der Waals surface area contributed by atoms with Gasteiger partial charge in [0.25, 0.3) is 5.91 Å². The molecule has 1 aromatic heterocycles. The fourth-order valence-corrected chi connectivity index (χ4v) is 3.38. The second-order valence-corrected chi connectivity index (χ2v) is 7.46. The van der Waals surface area contributed by atoms with E-state index < -0.39 is 0 Å². The highest BCUT2D eigenvalue weighted by atomic mass is 32.2. The molecule has 0 bridgehead atoms. The van der Waals surface area contributed by atoms with Crippen molar-refractivity contribution >= 4 is 23.6 Å². The van der Waals surface area contributed by atoms with Gasteiger partial charge in [-0.2, -0.15) is 0 Å². The predicted octanol–water partition coefficient (Wildman–Crippen LogP) is 2.52. The molecule has 29 heavy (non-hydrogen) atoms. The van der Waals surface area contributed by atoms with Crippen LogP contribution in [-0.2, 0) is 4.79 Å². The Labute approximate surface area is 173 Å². The van der Waals surface area contributed by atoms with E-state index in [0.29, 0.717) is 23.8 Å². The van der Waals surface area contributed by atoms with E-state index in [1.165, 1.54) is 22.9 Å². The first-order valence-corrected chi connectivity index (χ1v) is 10.2. The summed E-state index contributed by atoms with van der Waals surface area (Å²) in [4.78, 5) is 24.0. The van der Waals surface area contributed by atoms with Crippen molar-refractivity contribution in [2.75, 3.05) is 18.8 Å². The molecule has 0 spiro atoms. The van der Waals surface area contributed by atoms with Crippen LogP contribution in [0.15, 0.2) is 60.0 Å². The van der Waals surface area contributed by atoms with Gasteiger partial charge in [-0.25, -0.2) is 0 Å². The van der Waals surface area contributed by atoms with Gasteiger partial charge in [-0.05, 0) is 49.2 Å². The summed E-state index contributed by atoms with van der Waals surface area (Å²) < 4.78 is 1.87. The lowest BCUT2D eigenvalue weighted by atomic mass is 10.1. The van der Waals surface area contributed by atoms with Gasteiger partial charge in [0.05, 0.1) is 5.75 Å². The van der Waals surface area contributed by atoms with Crippen molar-refractivity contribution in [3.05, 3.63) is 71.5 Å². The van der Waals surface area contributed by atoms with Crippen molar-refractivity contribution in [1.29, 1.82) is 0 Å². The standard InChI is InChI=1S/C21H23N5O2S/c1-15-8-9-18(12-16(15)2)26-14-24-25-21(26)29-13-19(27)22-10-11-23-20(28)17-6-4-3-5-7-17/h3-9,12,14H,10-11,13H2,1-2H3,(H,22,27)(H,23,28). The summed E-state index contributed by atoms with van der Waals surface area (Å²) in [6.07, 6.45) is 1.64. The molecule has 3 aromatic rings. The van der Waals surface area contributed by atoms with Crippen molar-refractivity contribution in [2.45, 2.75) is 19.0 Å². The minimum absolute atomic E-state index is 0.126. The molecule has 0 saturated heterocycles. The molecule has 0 atom stereocenters. The average molecular weight is 410 g/mol. The molecule has 0 unspecified atom stereocenters. The highest BCUT2D eigenvalue weighted by Crippen LogP contribution is 2.21. The fourth-order valence-electron chi connectivity index (χ4n) is 2.63. The summed E-state index contributed by atoms with van der Waals surface area (Å²) in [7, 11) is 0. The average Bonchev–Trinajstić information content (AvgIpc) is 3.21. The van der Waals surface area contributed by atoms with E-state index in [-0.39, 0.29) is 17.6 Å². The van der Waals surface area contributed by atoms with E-state index in [9.17, 15) is 9.59 Å². The minimum atomic E-state index is -0.157. The fraction of sp³-hybridized carbons (Fsp3) is 0.238. The summed E-state index contributed by atoms with van der Waals surface area (Å²) >= 11 is 1.32. The number of amides is 2. The lowest BCUT2D eigenvalue weighted by Gasteiger charge is -2.09. The molecule has 0 aliphatic heterocycles. The number of thioether (sulfide) groups is 1. The van der Waals surface area contributed by atoms with Crippen LogP contribution in [0.1, 0.15) is 21.5 Å². The van der Waals surface area contributed by atoms with Gasteiger partial charge in [-0.3, -0.25) is 14.2 Å². The summed E-state index contributed by atoms with van der Waals surface area (Å²) in [6.45, 7) is 4.85. The van der Waals surface area contributed by atoms with Gasteiger partial charge in [-0.1, -0.05) is 36.0 Å². The van der Waals surface area contributed by atoms with E-state index in [4.69, 9.17) is 0 Å². The molecule has 150 valence electrons. The molecule has 2 aromatic carbocycles. The Hall–Kier alpha value is -3.13. The molecule has 8 heteroatoms. The van der Waals surface area contributed by atoms with Crippen molar-refractivity contribution < 1.29 is 9.59 Å². The zero-order chi connectivity index (χ0) is 20.6. The Morgan fingerprint density at radius 2 is 1.76 bits per heavy atom. The molecule has 0 aliphatic rings. The normalized spacial score (nSPS) is 10.6. The molecule has 7 nitrogen and oxygen atoms in total. The van der Waals surface area contributed by atoms with Gasteiger partial charge in [0.15, 0.2) is 5.16 Å². The Bertz CT molecular complexity index is 988. The highest BCUT2D eigenvalue weighted by molar-refractivity contribution is 7.99. The highest BCUT2D eigenvalue weighted by Gasteiger charge is 2.11. The second kappa shape index (κ2) is 9.88. The van der Waals surface area contributed by atoms with Crippen molar-refractivity contribution in [1.82, 2.24) is 25.4 Å². The topological polar surface area (TPSA) is 88.9 Å². The molecule has 0 fully saturated rings. The summed E-state index contributed by atoms with van der Waals surface area (Å²) in [5, 5.41) is 14.3. The first-order valence-electron chi connectivity index (χ1n) is 9.25. The number of benzene rings is 2. The number of carbonyl (C=O) groups excluding carboxylic acids is 2. The zero-order valence-corrected chi connectivity index (χ0v) is 17.2. The first kappa shape index (κ1) is 20.6. The van der Waals surface area contributed by atoms with Crippen molar-refractivity contribution in [3.8, 4) is 5.69 Å². The molecule has 0 saturated carbocycles. The van der Waals surface area contributed by atoms with Gasteiger partial charge in [-0.15, -0.1) is 10.2 Å². The van der Waals surface area contributed by atoms with Crippen LogP contribution >= 0.6 is 11.8 Å². The Kier molecular flexibility index (Phi) is 7.02. The summed E-state index contributed by atoms with van der Waals surface area (Å²) in [5.41, 5.74) is 3.96. The molecule has 0 radical (unpaired) electrons. The monoisotopic (exact) mass is 409 g/mol. The number of hydrogen-bond acceptors (Lipinski definition) is 5. The van der Waals surface area contributed by atoms with Crippen LogP contribution in [0.4, 0.5) is 0 Å². The van der Waals surface area contributed by atoms with E-state index >= 15 is 0 Å². The number of carbonyl (C=O) groups is 2. The maximum absolute atomic E-state index is 12.1. The molecular weight excluding hydrogens is 386 g/mol. The molecule has 0 aliphatic carbocycles. The Balaban J connectivity index is 1.44. The maximum atomic E-state index is 12.1. The van der Waals surface area contributed by atoms with Crippen molar-refractivity contribution in [3.63, 3.8) is 0 Å². The van der Waals surface area contributed by atoms with E-state index in [1.807, 2.05) is 28.8 Å². The molecular formula is C21H23N5O2S. The quantitative estimate of drug-likeness (QED) is 0.441. The number of aryl methyl sites for hydroxylation is 2. The van der Waals surface area contributed by atoms with E-state index in [0.717, 1.165) is 5.69 Å². The second-order valence-electron chi connectivity index (χ2n) is 6.51. The van der Waals surface area contributed by atoms with Crippen LogP contribution in [0.2, 0.25) is 0 Å². The number of hydrogen-bond donors (Lipinski definition) is 2. The van der Waals surface area contributed by atoms with Crippen molar-refractivity contribution in [2.24, 2.45) is 0 Å². The third-order valence-corrected chi connectivity index (χ3v) is 5.33. The largest absolute Gasteiger partial charge is 0.354 e. The van der Waals surface area contributed by atoms with Crippen LogP contribution in [0, 0.1) is 13.8 Å². The summed E-state index contributed by atoms with van der Waals surface area (Å²) in [6, 6.07) is 15.1. The molecule has 1 heterocycles. The minimum Gasteiger partial charge on any atom is -0.354 e. The van der Waals surface area contributed by atoms with Crippen LogP contribution in [0.25, 0.3) is 5.69 Å². The number of nitrogens with one attached hydrogen (secondary N) is 2. The lowest BCUT2D eigenvalue weighted by molar-refractivity contribution is -0.118. The number of rotatable bonds is 8. The smallest absolute Gasteiger partial charge is 0.251 e. The third-order valence-electron chi connectivity index (χ3n) is 4.39. The molecule has 3 rings (SSSR count). The van der Waals surface area contributed by atoms with E-state index in [2.05, 4.69) is 46.8 Å². The zero-order valence-electron chi connectivity index (χ0n) is 16.4. The predicted molar refractivity (Wildman–Crippen MR) is 113 cm³/mol. The van der Waals surface area contributed by atoms with Gasteiger partial charge in [0.1, 0.15) is 6.33 Å². The summed E-state index contributed by atoms with van der Waals surface area (Å²) in [5.74, 6) is -0.0646. The van der Waals surface area contributed by atoms with Crippen LogP contribution in [-0.4, -0.2) is 45.4 Å². The van der Waals surface area contributed by atoms with Gasteiger partial charge in [0, 0.05) is 24.3 Å². The Morgan fingerprint density at radius 3 is 2.52 bits per heavy atom. The number of aromatic nitrogens is 3. The van der Waals surface area contributed by atoms with Gasteiger partial charge in [0.2, 0.25) is 5.91 Å². The van der Waals surface area contributed by atoms with Crippen LogP contribution in [0.3, 0.4) is 0 Å². The Morgan fingerprint density at radius 1 is 1.00 bits per heavy atom. The molecule has 2 N–H and O–H groups in total. The van der Waals surface area contributed by atoms with Gasteiger partial charge < -0.3 is 10.6 Å². The van der Waals surface area contributed by atoms with E-state index in [1.54, 1.807) is 18.5 Å². The number of nitrogens with zero attached hydrogens (tertiary/aromatic N) is 3. The molecule has 2 amide bonds. The van der Waals surface area contributed by atoms with Gasteiger partial charge >= 0.3 is 0 Å².